The molecule has 0 unspecified atom stereocenters. The van der Waals surface area contributed by atoms with E-state index in [4.69, 9.17) is 10.00 Å². The van der Waals surface area contributed by atoms with E-state index in [1.807, 2.05) is 14.0 Å². The number of aromatic nitrogens is 3. The average Bonchev–Trinajstić information content (AvgIpc) is 2.41. The standard InChI is InChI=1S/C11H18N6O/c1-4-8-18-11-15-9(13-2)14-10(16-11)17(3)7-5-6-12/h4-5,7-8H2,1-3H3,(H,13,14,15,16). The summed E-state index contributed by atoms with van der Waals surface area (Å²) in [7, 11) is 3.56. The van der Waals surface area contributed by atoms with Crippen LogP contribution in [0.4, 0.5) is 11.9 Å². The predicted molar refractivity (Wildman–Crippen MR) is 68.7 cm³/mol. The van der Waals surface area contributed by atoms with Gasteiger partial charge in [0.25, 0.3) is 0 Å². The van der Waals surface area contributed by atoms with Crippen LogP contribution in [-0.4, -0.2) is 42.2 Å². The zero-order chi connectivity index (χ0) is 13.4. The third-order valence-electron chi connectivity index (χ3n) is 2.16. The topological polar surface area (TPSA) is 87.0 Å². The van der Waals surface area contributed by atoms with Gasteiger partial charge < -0.3 is 15.0 Å². The molecule has 1 heterocycles. The highest BCUT2D eigenvalue weighted by atomic mass is 16.5. The maximum Gasteiger partial charge on any atom is 0.323 e. The first-order valence-corrected chi connectivity index (χ1v) is 5.86. The molecular formula is C11H18N6O. The fourth-order valence-corrected chi connectivity index (χ4v) is 1.20. The molecule has 0 bridgehead atoms. The SMILES string of the molecule is CCCOc1nc(NC)nc(N(C)CCC#N)n1. The van der Waals surface area contributed by atoms with Gasteiger partial charge in [-0.05, 0) is 6.42 Å². The van der Waals surface area contributed by atoms with Crippen LogP contribution in [0.3, 0.4) is 0 Å². The quantitative estimate of drug-likeness (QED) is 0.773. The van der Waals surface area contributed by atoms with Crippen molar-refractivity contribution < 1.29 is 4.74 Å². The van der Waals surface area contributed by atoms with Crippen molar-refractivity contribution in [2.75, 3.05) is 37.5 Å². The molecule has 0 atom stereocenters. The summed E-state index contributed by atoms with van der Waals surface area (Å²) in [4.78, 5) is 14.3. The molecule has 98 valence electrons. The third-order valence-corrected chi connectivity index (χ3v) is 2.16. The van der Waals surface area contributed by atoms with Gasteiger partial charge in [-0.3, -0.25) is 0 Å². The number of nitrogens with zero attached hydrogens (tertiary/aromatic N) is 5. The molecule has 18 heavy (non-hydrogen) atoms. The largest absolute Gasteiger partial charge is 0.463 e. The summed E-state index contributed by atoms with van der Waals surface area (Å²) < 4.78 is 5.40. The van der Waals surface area contributed by atoms with Crippen LogP contribution >= 0.6 is 0 Å². The van der Waals surface area contributed by atoms with Gasteiger partial charge in [0.2, 0.25) is 11.9 Å². The Morgan fingerprint density at radius 3 is 2.78 bits per heavy atom. The Balaban J connectivity index is 2.85. The fraction of sp³-hybridized carbons (Fsp3) is 0.636. The lowest BCUT2D eigenvalue weighted by molar-refractivity contribution is 0.292. The summed E-state index contributed by atoms with van der Waals surface area (Å²) >= 11 is 0. The summed E-state index contributed by atoms with van der Waals surface area (Å²) in [6.07, 6.45) is 1.31. The molecular weight excluding hydrogens is 232 g/mol. The second kappa shape index (κ2) is 7.27. The van der Waals surface area contributed by atoms with Crippen LogP contribution in [0, 0.1) is 11.3 Å². The van der Waals surface area contributed by atoms with E-state index in [0.717, 1.165) is 6.42 Å². The lowest BCUT2D eigenvalue weighted by Crippen LogP contribution is -2.22. The van der Waals surface area contributed by atoms with Gasteiger partial charge in [-0.2, -0.15) is 20.2 Å². The molecule has 1 N–H and O–H groups in total. The molecule has 1 rings (SSSR count). The Morgan fingerprint density at radius 1 is 1.39 bits per heavy atom. The molecule has 0 amide bonds. The highest BCUT2D eigenvalue weighted by Gasteiger charge is 2.10. The van der Waals surface area contributed by atoms with E-state index in [-0.39, 0.29) is 0 Å². The second-order valence-corrected chi connectivity index (χ2v) is 3.67. The zero-order valence-corrected chi connectivity index (χ0v) is 11.0. The normalized spacial score (nSPS) is 9.67. The molecule has 0 aromatic carbocycles. The summed E-state index contributed by atoms with van der Waals surface area (Å²) in [5.74, 6) is 0.950. The summed E-state index contributed by atoms with van der Waals surface area (Å²) in [5.41, 5.74) is 0. The van der Waals surface area contributed by atoms with Crippen molar-refractivity contribution >= 4 is 11.9 Å². The summed E-state index contributed by atoms with van der Waals surface area (Å²) in [6.45, 7) is 3.14. The molecule has 7 nitrogen and oxygen atoms in total. The Hall–Kier alpha value is -2.10. The van der Waals surface area contributed by atoms with Crippen LogP contribution in [0.15, 0.2) is 0 Å². The molecule has 0 aliphatic rings. The first-order valence-electron chi connectivity index (χ1n) is 5.86. The van der Waals surface area contributed by atoms with E-state index in [1.54, 1.807) is 11.9 Å². The van der Waals surface area contributed by atoms with Crippen molar-refractivity contribution in [3.05, 3.63) is 0 Å². The Morgan fingerprint density at radius 2 is 2.17 bits per heavy atom. The average molecular weight is 250 g/mol. The van der Waals surface area contributed by atoms with Gasteiger partial charge in [0.1, 0.15) is 0 Å². The minimum Gasteiger partial charge on any atom is -0.463 e. The molecule has 1 aromatic rings. The number of nitriles is 1. The Kier molecular flexibility index (Phi) is 5.64. The minimum atomic E-state index is 0.301. The number of hydrogen-bond acceptors (Lipinski definition) is 7. The van der Waals surface area contributed by atoms with Gasteiger partial charge >= 0.3 is 6.01 Å². The van der Waals surface area contributed by atoms with Gasteiger partial charge in [-0.25, -0.2) is 0 Å². The van der Waals surface area contributed by atoms with E-state index in [2.05, 4.69) is 26.3 Å². The van der Waals surface area contributed by atoms with E-state index < -0.39 is 0 Å². The van der Waals surface area contributed by atoms with Crippen molar-refractivity contribution in [1.82, 2.24) is 15.0 Å². The Labute approximate surface area is 107 Å². The van der Waals surface area contributed by atoms with Gasteiger partial charge in [0.05, 0.1) is 19.1 Å². The van der Waals surface area contributed by atoms with Crippen LogP contribution in [0.5, 0.6) is 6.01 Å². The molecule has 0 saturated heterocycles. The molecule has 0 radical (unpaired) electrons. The van der Waals surface area contributed by atoms with Gasteiger partial charge in [0.15, 0.2) is 0 Å². The van der Waals surface area contributed by atoms with Crippen LogP contribution in [0.25, 0.3) is 0 Å². The van der Waals surface area contributed by atoms with Gasteiger partial charge in [0, 0.05) is 20.6 Å². The Bertz CT molecular complexity index is 416. The van der Waals surface area contributed by atoms with E-state index >= 15 is 0 Å². The first-order chi connectivity index (χ1) is 8.71. The second-order valence-electron chi connectivity index (χ2n) is 3.67. The minimum absolute atomic E-state index is 0.301. The van der Waals surface area contributed by atoms with Crippen LogP contribution < -0.4 is 15.0 Å². The molecule has 7 heteroatoms. The van der Waals surface area contributed by atoms with Crippen LogP contribution in [0.2, 0.25) is 0 Å². The van der Waals surface area contributed by atoms with E-state index in [1.165, 1.54) is 0 Å². The van der Waals surface area contributed by atoms with Crippen molar-refractivity contribution in [3.8, 4) is 12.1 Å². The third kappa shape index (κ3) is 4.05. The summed E-state index contributed by atoms with van der Waals surface area (Å²) in [5, 5.41) is 11.4. The highest BCUT2D eigenvalue weighted by Crippen LogP contribution is 2.14. The number of nitrogens with one attached hydrogen (secondary N) is 1. The number of anilines is 2. The molecule has 0 saturated carbocycles. The maximum absolute atomic E-state index is 8.57. The maximum atomic E-state index is 8.57. The van der Waals surface area contributed by atoms with Crippen molar-refractivity contribution in [2.45, 2.75) is 19.8 Å². The smallest absolute Gasteiger partial charge is 0.323 e. The highest BCUT2D eigenvalue weighted by molar-refractivity contribution is 5.37. The van der Waals surface area contributed by atoms with Gasteiger partial charge in [-0.15, -0.1) is 0 Å². The summed E-state index contributed by atoms with van der Waals surface area (Å²) in [6, 6.07) is 2.39. The van der Waals surface area contributed by atoms with Crippen molar-refractivity contribution in [3.63, 3.8) is 0 Å². The van der Waals surface area contributed by atoms with Gasteiger partial charge in [-0.1, -0.05) is 6.92 Å². The first kappa shape index (κ1) is 14.0. The van der Waals surface area contributed by atoms with Crippen molar-refractivity contribution in [1.29, 1.82) is 5.26 Å². The lowest BCUT2D eigenvalue weighted by atomic mass is 10.4. The molecule has 0 aliphatic heterocycles. The molecule has 0 fully saturated rings. The molecule has 0 spiro atoms. The zero-order valence-electron chi connectivity index (χ0n) is 11.0. The predicted octanol–water partition coefficient (Wildman–Crippen LogP) is 1.05. The van der Waals surface area contributed by atoms with Crippen LogP contribution in [0.1, 0.15) is 19.8 Å². The van der Waals surface area contributed by atoms with Crippen LogP contribution in [-0.2, 0) is 0 Å². The fourth-order valence-electron chi connectivity index (χ4n) is 1.20. The van der Waals surface area contributed by atoms with E-state index in [0.29, 0.717) is 37.5 Å². The number of hydrogen-bond donors (Lipinski definition) is 1. The number of ether oxygens (including phenoxy) is 1. The van der Waals surface area contributed by atoms with Crippen molar-refractivity contribution in [2.24, 2.45) is 0 Å². The monoisotopic (exact) mass is 250 g/mol. The number of rotatable bonds is 7. The molecule has 1 aromatic heterocycles. The molecule has 0 aliphatic carbocycles. The van der Waals surface area contributed by atoms with E-state index in [9.17, 15) is 0 Å². The lowest BCUT2D eigenvalue weighted by Gasteiger charge is -2.16.